The highest BCUT2D eigenvalue weighted by atomic mass is 16.5. The zero-order valence-corrected chi connectivity index (χ0v) is 10.2. The lowest BCUT2D eigenvalue weighted by Gasteiger charge is -2.31. The van der Waals surface area contributed by atoms with Crippen molar-refractivity contribution in [1.29, 1.82) is 0 Å². The van der Waals surface area contributed by atoms with E-state index in [9.17, 15) is 0 Å². The largest absolute Gasteiger partial charge is 0.497 e. The summed E-state index contributed by atoms with van der Waals surface area (Å²) < 4.78 is 5.27. The fourth-order valence-corrected chi connectivity index (χ4v) is 2.72. The highest BCUT2D eigenvalue weighted by molar-refractivity contribution is 5.40. The summed E-state index contributed by atoms with van der Waals surface area (Å²) in [6, 6.07) is 6.76. The van der Waals surface area contributed by atoms with Crippen LogP contribution in [-0.4, -0.2) is 13.2 Å². The molecule has 0 saturated carbocycles. The van der Waals surface area contributed by atoms with Crippen molar-refractivity contribution in [3.8, 4) is 5.75 Å². The summed E-state index contributed by atoms with van der Waals surface area (Å²) in [6.45, 7) is 2.23. The van der Waals surface area contributed by atoms with Gasteiger partial charge in [0.1, 0.15) is 5.75 Å². The monoisotopic (exact) mass is 219 g/mol. The fourth-order valence-electron chi connectivity index (χ4n) is 2.72. The van der Waals surface area contributed by atoms with Gasteiger partial charge < -0.3 is 10.5 Å². The van der Waals surface area contributed by atoms with Crippen molar-refractivity contribution in [2.24, 2.45) is 5.73 Å². The van der Waals surface area contributed by atoms with Crippen LogP contribution in [-0.2, 0) is 6.42 Å². The molecule has 2 nitrogen and oxygen atoms in total. The van der Waals surface area contributed by atoms with Crippen LogP contribution < -0.4 is 10.5 Å². The number of fused-ring (bicyclic) bond motifs is 1. The first kappa shape index (κ1) is 11.5. The minimum Gasteiger partial charge on any atom is -0.497 e. The number of ether oxygens (including phenoxy) is 1. The Hall–Kier alpha value is -1.02. The lowest BCUT2D eigenvalue weighted by molar-refractivity contribution is 0.409. The molecule has 0 saturated heterocycles. The molecule has 0 aliphatic heterocycles. The highest BCUT2D eigenvalue weighted by Crippen LogP contribution is 2.35. The summed E-state index contributed by atoms with van der Waals surface area (Å²) >= 11 is 0. The second kappa shape index (κ2) is 4.88. The van der Waals surface area contributed by atoms with E-state index in [0.29, 0.717) is 12.0 Å². The number of methoxy groups -OCH3 is 1. The molecule has 0 bridgehead atoms. The molecule has 2 heteroatoms. The smallest absolute Gasteiger partial charge is 0.119 e. The number of benzene rings is 1. The van der Waals surface area contributed by atoms with Gasteiger partial charge in [-0.05, 0) is 48.4 Å². The Morgan fingerprint density at radius 3 is 2.94 bits per heavy atom. The van der Waals surface area contributed by atoms with E-state index in [-0.39, 0.29) is 0 Å². The molecule has 88 valence electrons. The van der Waals surface area contributed by atoms with Crippen LogP contribution in [0, 0.1) is 0 Å². The lowest BCUT2D eigenvalue weighted by Crippen LogP contribution is -2.33. The Morgan fingerprint density at radius 2 is 2.25 bits per heavy atom. The van der Waals surface area contributed by atoms with Crippen LogP contribution in [0.4, 0.5) is 0 Å². The third kappa shape index (κ3) is 2.07. The van der Waals surface area contributed by atoms with Crippen LogP contribution in [0.2, 0.25) is 0 Å². The highest BCUT2D eigenvalue weighted by Gasteiger charge is 2.26. The number of hydrogen-bond acceptors (Lipinski definition) is 2. The zero-order chi connectivity index (χ0) is 11.5. The number of hydrogen-bond donors (Lipinski definition) is 1. The van der Waals surface area contributed by atoms with Gasteiger partial charge in [0.05, 0.1) is 7.11 Å². The van der Waals surface area contributed by atoms with E-state index in [2.05, 4.69) is 25.1 Å². The predicted octanol–water partition coefficient (Wildman–Crippen LogP) is 2.85. The average Bonchev–Trinajstić information content (AvgIpc) is 2.32. The third-order valence-corrected chi connectivity index (χ3v) is 3.61. The molecule has 2 atom stereocenters. The van der Waals surface area contributed by atoms with E-state index >= 15 is 0 Å². The van der Waals surface area contributed by atoms with Crippen molar-refractivity contribution >= 4 is 0 Å². The standard InChI is InChI=1S/C14H21NO/c1-3-4-13-12-7-6-11(16-2)9-10(12)5-8-14(13)15/h6-7,9,13-14H,3-5,8,15H2,1-2H3. The second-order valence-corrected chi connectivity index (χ2v) is 4.66. The summed E-state index contributed by atoms with van der Waals surface area (Å²) in [7, 11) is 1.72. The molecule has 2 unspecified atom stereocenters. The molecular formula is C14H21NO. The van der Waals surface area contributed by atoms with Crippen molar-refractivity contribution in [1.82, 2.24) is 0 Å². The Balaban J connectivity index is 2.32. The van der Waals surface area contributed by atoms with E-state index in [0.717, 1.165) is 18.6 Å². The summed E-state index contributed by atoms with van der Waals surface area (Å²) in [5.74, 6) is 1.50. The van der Waals surface area contributed by atoms with Gasteiger partial charge in [-0.15, -0.1) is 0 Å². The number of nitrogens with two attached hydrogens (primary N) is 1. The van der Waals surface area contributed by atoms with E-state index in [1.54, 1.807) is 7.11 Å². The summed E-state index contributed by atoms with van der Waals surface area (Å²) in [6.07, 6.45) is 4.59. The van der Waals surface area contributed by atoms with E-state index in [1.165, 1.54) is 24.0 Å². The van der Waals surface area contributed by atoms with Crippen molar-refractivity contribution in [3.05, 3.63) is 29.3 Å². The Kier molecular flexibility index (Phi) is 3.49. The molecule has 0 radical (unpaired) electrons. The maximum absolute atomic E-state index is 6.22. The molecule has 1 aromatic carbocycles. The first-order valence-electron chi connectivity index (χ1n) is 6.18. The molecule has 16 heavy (non-hydrogen) atoms. The third-order valence-electron chi connectivity index (χ3n) is 3.61. The van der Waals surface area contributed by atoms with Crippen molar-refractivity contribution in [3.63, 3.8) is 0 Å². The maximum atomic E-state index is 6.22. The van der Waals surface area contributed by atoms with Gasteiger partial charge in [0.25, 0.3) is 0 Å². The number of aryl methyl sites for hydroxylation is 1. The van der Waals surface area contributed by atoms with Crippen LogP contribution >= 0.6 is 0 Å². The molecular weight excluding hydrogens is 198 g/mol. The van der Waals surface area contributed by atoms with Gasteiger partial charge in [-0.3, -0.25) is 0 Å². The number of rotatable bonds is 3. The molecule has 0 heterocycles. The van der Waals surface area contributed by atoms with Crippen LogP contribution in [0.1, 0.15) is 43.2 Å². The minimum atomic E-state index is 0.334. The van der Waals surface area contributed by atoms with Gasteiger partial charge in [0, 0.05) is 6.04 Å². The lowest BCUT2D eigenvalue weighted by atomic mass is 9.77. The molecule has 1 aliphatic rings. The molecule has 2 N–H and O–H groups in total. The molecule has 0 aromatic heterocycles. The van der Waals surface area contributed by atoms with Crippen LogP contribution in [0.15, 0.2) is 18.2 Å². The van der Waals surface area contributed by atoms with Gasteiger partial charge in [-0.2, -0.15) is 0 Å². The molecule has 0 amide bonds. The predicted molar refractivity (Wildman–Crippen MR) is 66.9 cm³/mol. The van der Waals surface area contributed by atoms with Crippen molar-refractivity contribution in [2.75, 3.05) is 7.11 Å². The second-order valence-electron chi connectivity index (χ2n) is 4.66. The molecule has 1 aliphatic carbocycles. The zero-order valence-electron chi connectivity index (χ0n) is 10.2. The topological polar surface area (TPSA) is 35.2 Å². The van der Waals surface area contributed by atoms with E-state index in [4.69, 9.17) is 10.5 Å². The van der Waals surface area contributed by atoms with E-state index < -0.39 is 0 Å². The first-order valence-corrected chi connectivity index (χ1v) is 6.18. The Labute approximate surface area is 97.8 Å². The Bertz CT molecular complexity index is 362. The van der Waals surface area contributed by atoms with Gasteiger partial charge in [-0.25, -0.2) is 0 Å². The van der Waals surface area contributed by atoms with Crippen molar-refractivity contribution < 1.29 is 4.74 Å². The molecule has 1 aromatic rings. The average molecular weight is 219 g/mol. The van der Waals surface area contributed by atoms with E-state index in [1.807, 2.05) is 0 Å². The van der Waals surface area contributed by atoms with Crippen LogP contribution in [0.5, 0.6) is 5.75 Å². The van der Waals surface area contributed by atoms with Gasteiger partial charge in [0.2, 0.25) is 0 Å². The maximum Gasteiger partial charge on any atom is 0.119 e. The summed E-state index contributed by atoms with van der Waals surface area (Å²) in [4.78, 5) is 0. The van der Waals surface area contributed by atoms with Crippen LogP contribution in [0.3, 0.4) is 0 Å². The molecule has 2 rings (SSSR count). The first-order chi connectivity index (χ1) is 7.76. The minimum absolute atomic E-state index is 0.334. The SMILES string of the molecule is CCCC1c2ccc(OC)cc2CCC1N. The van der Waals surface area contributed by atoms with Crippen LogP contribution in [0.25, 0.3) is 0 Å². The Morgan fingerprint density at radius 1 is 1.44 bits per heavy atom. The van der Waals surface area contributed by atoms with Gasteiger partial charge >= 0.3 is 0 Å². The quantitative estimate of drug-likeness (QED) is 0.848. The normalized spacial score (nSPS) is 23.9. The fraction of sp³-hybridized carbons (Fsp3) is 0.571. The summed E-state index contributed by atoms with van der Waals surface area (Å²) in [5, 5.41) is 0. The van der Waals surface area contributed by atoms with Gasteiger partial charge in [-0.1, -0.05) is 19.4 Å². The molecule has 0 fully saturated rings. The van der Waals surface area contributed by atoms with Crippen molar-refractivity contribution in [2.45, 2.75) is 44.6 Å². The summed E-state index contributed by atoms with van der Waals surface area (Å²) in [5.41, 5.74) is 9.10. The molecule has 0 spiro atoms. The van der Waals surface area contributed by atoms with Gasteiger partial charge in [0.15, 0.2) is 0 Å².